The molecule has 0 spiro atoms. The molecule has 0 aromatic rings. The third kappa shape index (κ3) is 4.59. The van der Waals surface area contributed by atoms with Crippen LogP contribution in [0, 0.1) is 5.92 Å². The van der Waals surface area contributed by atoms with Gasteiger partial charge in [0.2, 0.25) is 0 Å². The first-order valence-corrected chi connectivity index (χ1v) is 8.59. The predicted molar refractivity (Wildman–Crippen MR) is 86.9 cm³/mol. The minimum Gasteiger partial charge on any atom is -0.444 e. The van der Waals surface area contributed by atoms with E-state index in [1.165, 1.54) is 25.7 Å². The average Bonchev–Trinajstić information content (AvgIpc) is 3.03. The first-order valence-electron chi connectivity index (χ1n) is 8.59. The van der Waals surface area contributed by atoms with Crippen LogP contribution in [0.4, 0.5) is 4.79 Å². The molecule has 1 heterocycles. The van der Waals surface area contributed by atoms with Gasteiger partial charge in [-0.1, -0.05) is 13.3 Å². The second kappa shape index (κ2) is 7.18. The Morgan fingerprint density at radius 1 is 1.27 bits per heavy atom. The van der Waals surface area contributed by atoms with Gasteiger partial charge in [-0.2, -0.15) is 0 Å². The zero-order valence-electron chi connectivity index (χ0n) is 14.7. The molecule has 2 rings (SSSR count). The number of likely N-dealkylation sites (tertiary alicyclic amines) is 1. The molecular weight excluding hydrogens is 280 g/mol. The highest BCUT2D eigenvalue weighted by Gasteiger charge is 2.39. The van der Waals surface area contributed by atoms with Crippen LogP contribution in [0.15, 0.2) is 0 Å². The molecule has 1 saturated heterocycles. The van der Waals surface area contributed by atoms with Crippen LogP contribution in [-0.2, 0) is 9.47 Å². The van der Waals surface area contributed by atoms with E-state index in [0.29, 0.717) is 19.1 Å². The van der Waals surface area contributed by atoms with Crippen LogP contribution in [-0.4, -0.2) is 55.0 Å². The second-order valence-corrected chi connectivity index (χ2v) is 7.72. The molecule has 1 N–H and O–H groups in total. The number of carbonyl (C=O) groups is 1. The third-order valence-corrected chi connectivity index (χ3v) is 4.79. The predicted octanol–water partition coefficient (Wildman–Crippen LogP) is 2.79. The molecule has 1 aliphatic carbocycles. The summed E-state index contributed by atoms with van der Waals surface area (Å²) in [5.74, 6) is 0.849. The van der Waals surface area contributed by atoms with Crippen molar-refractivity contribution in [2.24, 2.45) is 5.92 Å². The van der Waals surface area contributed by atoms with Crippen molar-refractivity contribution in [2.75, 3.05) is 20.2 Å². The van der Waals surface area contributed by atoms with Crippen LogP contribution in [0.25, 0.3) is 0 Å². The van der Waals surface area contributed by atoms with Gasteiger partial charge in [-0.3, -0.25) is 0 Å². The summed E-state index contributed by atoms with van der Waals surface area (Å²) in [7, 11) is 1.72. The topological polar surface area (TPSA) is 50.8 Å². The molecule has 0 aromatic carbocycles. The van der Waals surface area contributed by atoms with Gasteiger partial charge in [0.1, 0.15) is 5.60 Å². The molecular formula is C17H32N2O3. The standard InChI is InChI=1S/C17H32N2O3/c1-6-12-7-8-13(9-12)18-14-10-19(11-15(14)21-5)16(20)22-17(2,3)4/h12-15,18H,6-11H2,1-5H3/t12?,13?,14?,15-/m0/s1. The van der Waals surface area contributed by atoms with E-state index in [1.54, 1.807) is 12.0 Å². The lowest BCUT2D eigenvalue weighted by Crippen LogP contribution is -2.45. The van der Waals surface area contributed by atoms with E-state index in [-0.39, 0.29) is 18.2 Å². The Morgan fingerprint density at radius 2 is 2.00 bits per heavy atom. The van der Waals surface area contributed by atoms with E-state index in [1.807, 2.05) is 20.8 Å². The smallest absolute Gasteiger partial charge is 0.410 e. The lowest BCUT2D eigenvalue weighted by atomic mass is 10.1. The van der Waals surface area contributed by atoms with Crippen molar-refractivity contribution in [1.82, 2.24) is 10.2 Å². The van der Waals surface area contributed by atoms with E-state index in [0.717, 1.165) is 5.92 Å². The molecule has 0 radical (unpaired) electrons. The van der Waals surface area contributed by atoms with E-state index < -0.39 is 5.60 Å². The molecule has 3 unspecified atom stereocenters. The Bertz CT molecular complexity index is 381. The van der Waals surface area contributed by atoms with Crippen LogP contribution in [0.1, 0.15) is 53.4 Å². The molecule has 5 nitrogen and oxygen atoms in total. The minimum atomic E-state index is -0.453. The van der Waals surface area contributed by atoms with Gasteiger partial charge in [-0.05, 0) is 46.0 Å². The number of hydrogen-bond acceptors (Lipinski definition) is 4. The number of methoxy groups -OCH3 is 1. The molecule has 2 fully saturated rings. The van der Waals surface area contributed by atoms with Crippen molar-refractivity contribution < 1.29 is 14.3 Å². The number of ether oxygens (including phenoxy) is 2. The minimum absolute atomic E-state index is 0.0493. The van der Waals surface area contributed by atoms with E-state index in [4.69, 9.17) is 9.47 Å². The maximum atomic E-state index is 12.2. The van der Waals surface area contributed by atoms with Gasteiger partial charge in [0, 0.05) is 19.7 Å². The molecule has 0 bridgehead atoms. The van der Waals surface area contributed by atoms with Gasteiger partial charge in [0.05, 0.1) is 18.7 Å². The number of nitrogens with one attached hydrogen (secondary N) is 1. The summed E-state index contributed by atoms with van der Waals surface area (Å²) in [6.45, 7) is 9.23. The molecule has 4 atom stereocenters. The van der Waals surface area contributed by atoms with Crippen molar-refractivity contribution in [1.29, 1.82) is 0 Å². The SMILES string of the molecule is CCC1CCC(NC2CN(C(=O)OC(C)(C)C)C[C@@H]2OC)C1. The molecule has 0 aromatic heterocycles. The zero-order chi connectivity index (χ0) is 16.3. The summed E-state index contributed by atoms with van der Waals surface area (Å²) >= 11 is 0. The Balaban J connectivity index is 1.88. The quantitative estimate of drug-likeness (QED) is 0.867. The maximum absolute atomic E-state index is 12.2. The normalized spacial score (nSPS) is 32.5. The first-order chi connectivity index (χ1) is 10.3. The fraction of sp³-hybridized carbons (Fsp3) is 0.941. The van der Waals surface area contributed by atoms with Crippen LogP contribution < -0.4 is 5.32 Å². The number of amides is 1. The summed E-state index contributed by atoms with van der Waals surface area (Å²) in [5, 5.41) is 3.72. The van der Waals surface area contributed by atoms with Crippen LogP contribution in [0.3, 0.4) is 0 Å². The summed E-state index contributed by atoms with van der Waals surface area (Å²) in [5.41, 5.74) is -0.453. The molecule has 128 valence electrons. The van der Waals surface area contributed by atoms with E-state index >= 15 is 0 Å². The number of nitrogens with zero attached hydrogens (tertiary/aromatic N) is 1. The van der Waals surface area contributed by atoms with Crippen molar-refractivity contribution in [3.05, 3.63) is 0 Å². The van der Waals surface area contributed by atoms with Gasteiger partial charge >= 0.3 is 6.09 Å². The molecule has 22 heavy (non-hydrogen) atoms. The summed E-state index contributed by atoms with van der Waals surface area (Å²) < 4.78 is 11.1. The first kappa shape index (κ1) is 17.5. The average molecular weight is 312 g/mol. The van der Waals surface area contributed by atoms with Crippen molar-refractivity contribution in [2.45, 2.75) is 77.2 Å². The van der Waals surface area contributed by atoms with E-state index in [9.17, 15) is 4.79 Å². The number of rotatable bonds is 4. The van der Waals surface area contributed by atoms with Crippen molar-refractivity contribution >= 4 is 6.09 Å². The molecule has 2 aliphatic rings. The van der Waals surface area contributed by atoms with Gasteiger partial charge in [-0.15, -0.1) is 0 Å². The van der Waals surface area contributed by atoms with E-state index in [2.05, 4.69) is 12.2 Å². The molecule has 1 saturated carbocycles. The molecule has 1 amide bonds. The summed E-state index contributed by atoms with van der Waals surface area (Å²) in [6, 6.07) is 0.768. The van der Waals surface area contributed by atoms with Gasteiger partial charge < -0.3 is 19.7 Å². The monoisotopic (exact) mass is 312 g/mol. The second-order valence-electron chi connectivity index (χ2n) is 7.72. The lowest BCUT2D eigenvalue weighted by Gasteiger charge is -2.24. The van der Waals surface area contributed by atoms with Crippen molar-refractivity contribution in [3.8, 4) is 0 Å². The third-order valence-electron chi connectivity index (χ3n) is 4.79. The molecule has 5 heteroatoms. The highest BCUT2D eigenvalue weighted by atomic mass is 16.6. The molecule has 1 aliphatic heterocycles. The van der Waals surface area contributed by atoms with Crippen LogP contribution in [0.2, 0.25) is 0 Å². The van der Waals surface area contributed by atoms with Gasteiger partial charge in [0.15, 0.2) is 0 Å². The van der Waals surface area contributed by atoms with Gasteiger partial charge in [0.25, 0.3) is 0 Å². The zero-order valence-corrected chi connectivity index (χ0v) is 14.7. The van der Waals surface area contributed by atoms with Crippen molar-refractivity contribution in [3.63, 3.8) is 0 Å². The fourth-order valence-corrected chi connectivity index (χ4v) is 3.55. The fourth-order valence-electron chi connectivity index (χ4n) is 3.55. The largest absolute Gasteiger partial charge is 0.444 e. The number of hydrogen-bond donors (Lipinski definition) is 1. The Labute approximate surface area is 134 Å². The van der Waals surface area contributed by atoms with Gasteiger partial charge in [-0.25, -0.2) is 4.79 Å². The highest BCUT2D eigenvalue weighted by Crippen LogP contribution is 2.29. The van der Waals surface area contributed by atoms with Crippen LogP contribution >= 0.6 is 0 Å². The summed E-state index contributed by atoms with van der Waals surface area (Å²) in [4.78, 5) is 14.0. The van der Waals surface area contributed by atoms with Crippen LogP contribution in [0.5, 0.6) is 0 Å². The Morgan fingerprint density at radius 3 is 2.55 bits per heavy atom. The Kier molecular flexibility index (Phi) is 5.72. The lowest BCUT2D eigenvalue weighted by molar-refractivity contribution is 0.0252. The highest BCUT2D eigenvalue weighted by molar-refractivity contribution is 5.68. The number of carbonyl (C=O) groups excluding carboxylic acids is 1. The maximum Gasteiger partial charge on any atom is 0.410 e. The Hall–Kier alpha value is -0.810. The summed E-state index contributed by atoms with van der Waals surface area (Å²) in [6.07, 6.45) is 4.87.